The van der Waals surface area contributed by atoms with Crippen molar-refractivity contribution in [1.29, 1.82) is 0 Å². The third-order valence-corrected chi connectivity index (χ3v) is 4.09. The Bertz CT molecular complexity index is 437. The molecule has 1 heterocycles. The molecule has 0 bridgehead atoms. The Morgan fingerprint density at radius 2 is 2.06 bits per heavy atom. The number of alkyl halides is 3. The van der Waals surface area contributed by atoms with Crippen molar-refractivity contribution < 1.29 is 13.2 Å². The summed E-state index contributed by atoms with van der Waals surface area (Å²) >= 11 is 3.39. The number of hydrogen-bond acceptors (Lipinski definition) is 2. The SMILES string of the molecule is Cc1nn(C)c(CN(CC(F)(F)F)C2CC2)c1Br. The minimum Gasteiger partial charge on any atom is -0.286 e. The van der Waals surface area contributed by atoms with Gasteiger partial charge in [0, 0.05) is 19.6 Å². The maximum absolute atomic E-state index is 12.5. The summed E-state index contributed by atoms with van der Waals surface area (Å²) in [5.41, 5.74) is 1.60. The summed E-state index contributed by atoms with van der Waals surface area (Å²) in [6, 6.07) is 0.0636. The zero-order valence-corrected chi connectivity index (χ0v) is 11.8. The first-order valence-electron chi connectivity index (χ1n) is 5.76. The van der Waals surface area contributed by atoms with Crippen molar-refractivity contribution in [3.63, 3.8) is 0 Å². The van der Waals surface area contributed by atoms with Crippen LogP contribution in [-0.4, -0.2) is 33.4 Å². The van der Waals surface area contributed by atoms with Gasteiger partial charge < -0.3 is 0 Å². The molecule has 7 heteroatoms. The number of rotatable bonds is 4. The van der Waals surface area contributed by atoms with Crippen molar-refractivity contribution in [2.24, 2.45) is 7.05 Å². The van der Waals surface area contributed by atoms with E-state index in [1.165, 1.54) is 4.90 Å². The van der Waals surface area contributed by atoms with Crippen LogP contribution in [0, 0.1) is 6.92 Å². The molecule has 18 heavy (non-hydrogen) atoms. The highest BCUT2D eigenvalue weighted by Gasteiger charge is 2.38. The van der Waals surface area contributed by atoms with E-state index in [-0.39, 0.29) is 12.6 Å². The van der Waals surface area contributed by atoms with Crippen LogP contribution in [0.3, 0.4) is 0 Å². The van der Waals surface area contributed by atoms with Crippen molar-refractivity contribution in [3.8, 4) is 0 Å². The van der Waals surface area contributed by atoms with E-state index in [0.717, 1.165) is 28.7 Å². The first kappa shape index (κ1) is 13.9. The summed E-state index contributed by atoms with van der Waals surface area (Å²) in [6.45, 7) is 1.26. The molecule has 1 aliphatic carbocycles. The first-order valence-corrected chi connectivity index (χ1v) is 6.56. The van der Waals surface area contributed by atoms with Crippen LogP contribution in [0.25, 0.3) is 0 Å². The molecule has 1 aliphatic rings. The van der Waals surface area contributed by atoms with Gasteiger partial charge in [0.1, 0.15) is 0 Å². The second-order valence-electron chi connectivity index (χ2n) is 4.72. The van der Waals surface area contributed by atoms with Gasteiger partial charge in [0.05, 0.1) is 22.4 Å². The average molecular weight is 326 g/mol. The van der Waals surface area contributed by atoms with E-state index in [2.05, 4.69) is 21.0 Å². The lowest BCUT2D eigenvalue weighted by Gasteiger charge is -2.23. The van der Waals surface area contributed by atoms with Crippen LogP contribution in [0.5, 0.6) is 0 Å². The van der Waals surface area contributed by atoms with E-state index in [1.807, 2.05) is 6.92 Å². The van der Waals surface area contributed by atoms with Gasteiger partial charge in [-0.1, -0.05) is 0 Å². The number of nitrogens with zero attached hydrogens (tertiary/aromatic N) is 3. The molecule has 0 unspecified atom stereocenters. The van der Waals surface area contributed by atoms with Gasteiger partial charge >= 0.3 is 6.18 Å². The second kappa shape index (κ2) is 4.85. The number of halogens is 4. The van der Waals surface area contributed by atoms with Crippen LogP contribution in [0.15, 0.2) is 4.47 Å². The average Bonchev–Trinajstić information content (AvgIpc) is 3.01. The van der Waals surface area contributed by atoms with E-state index >= 15 is 0 Å². The lowest BCUT2D eigenvalue weighted by atomic mass is 10.3. The molecule has 0 radical (unpaired) electrons. The summed E-state index contributed by atoms with van der Waals surface area (Å²) in [4.78, 5) is 1.49. The molecule has 102 valence electrons. The number of aryl methyl sites for hydroxylation is 2. The molecule has 0 N–H and O–H groups in total. The quantitative estimate of drug-likeness (QED) is 0.848. The van der Waals surface area contributed by atoms with Crippen molar-refractivity contribution in [2.45, 2.75) is 38.5 Å². The summed E-state index contributed by atoms with van der Waals surface area (Å²) in [5, 5.41) is 4.20. The molecule has 1 aromatic heterocycles. The minimum absolute atomic E-state index is 0.0636. The molecule has 3 nitrogen and oxygen atoms in total. The third kappa shape index (κ3) is 3.26. The molecule has 0 atom stereocenters. The fraction of sp³-hybridized carbons (Fsp3) is 0.727. The predicted molar refractivity (Wildman–Crippen MR) is 65.1 cm³/mol. The summed E-state index contributed by atoms with van der Waals surface area (Å²) in [7, 11) is 1.76. The van der Waals surface area contributed by atoms with E-state index in [9.17, 15) is 13.2 Å². The van der Waals surface area contributed by atoms with Crippen molar-refractivity contribution >= 4 is 15.9 Å². The smallest absolute Gasteiger partial charge is 0.286 e. The Morgan fingerprint density at radius 1 is 1.44 bits per heavy atom. The summed E-state index contributed by atoms with van der Waals surface area (Å²) in [6.07, 6.45) is -2.45. The Kier molecular flexibility index (Phi) is 3.73. The molecule has 0 amide bonds. The van der Waals surface area contributed by atoms with E-state index < -0.39 is 12.7 Å². The highest BCUT2D eigenvalue weighted by molar-refractivity contribution is 9.10. The maximum atomic E-state index is 12.5. The van der Waals surface area contributed by atoms with Crippen LogP contribution < -0.4 is 0 Å². The molecular weight excluding hydrogens is 311 g/mol. The van der Waals surface area contributed by atoms with Crippen LogP contribution in [0.4, 0.5) is 13.2 Å². The van der Waals surface area contributed by atoms with Crippen LogP contribution in [0.1, 0.15) is 24.2 Å². The van der Waals surface area contributed by atoms with Gasteiger partial charge in [-0.25, -0.2) is 0 Å². The van der Waals surface area contributed by atoms with Gasteiger partial charge in [-0.15, -0.1) is 0 Å². The van der Waals surface area contributed by atoms with Crippen molar-refractivity contribution in [1.82, 2.24) is 14.7 Å². The maximum Gasteiger partial charge on any atom is 0.401 e. The second-order valence-corrected chi connectivity index (χ2v) is 5.51. The molecule has 2 rings (SSSR count). The zero-order chi connectivity index (χ0) is 13.5. The molecule has 0 spiro atoms. The van der Waals surface area contributed by atoms with E-state index in [1.54, 1.807) is 11.7 Å². The normalized spacial score (nSPS) is 16.6. The lowest BCUT2D eigenvalue weighted by molar-refractivity contribution is -0.148. The molecule has 1 fully saturated rings. The van der Waals surface area contributed by atoms with Crippen LogP contribution in [0.2, 0.25) is 0 Å². The highest BCUT2D eigenvalue weighted by atomic mass is 79.9. The Balaban J connectivity index is 2.13. The Hall–Kier alpha value is -0.560. The minimum atomic E-state index is -4.15. The predicted octanol–water partition coefficient (Wildman–Crippen LogP) is 3.02. The van der Waals surface area contributed by atoms with Gasteiger partial charge in [-0.3, -0.25) is 9.58 Å². The molecule has 1 aromatic rings. The van der Waals surface area contributed by atoms with Crippen LogP contribution >= 0.6 is 15.9 Å². The van der Waals surface area contributed by atoms with E-state index in [4.69, 9.17) is 0 Å². The Labute approximate surface area is 112 Å². The standard InChI is InChI=1S/C11H15BrF3N3/c1-7-10(12)9(17(2)16-7)5-18(8-3-4-8)6-11(13,14)15/h8H,3-6H2,1-2H3. The Morgan fingerprint density at radius 3 is 2.44 bits per heavy atom. The van der Waals surface area contributed by atoms with Gasteiger partial charge in [-0.05, 0) is 35.7 Å². The fourth-order valence-corrected chi connectivity index (χ4v) is 2.49. The van der Waals surface area contributed by atoms with Crippen molar-refractivity contribution in [3.05, 3.63) is 15.9 Å². The largest absolute Gasteiger partial charge is 0.401 e. The lowest BCUT2D eigenvalue weighted by Crippen LogP contribution is -2.36. The van der Waals surface area contributed by atoms with Gasteiger partial charge in [0.2, 0.25) is 0 Å². The summed E-state index contributed by atoms with van der Waals surface area (Å²) in [5.74, 6) is 0. The summed E-state index contributed by atoms with van der Waals surface area (Å²) < 4.78 is 40.0. The van der Waals surface area contributed by atoms with Crippen molar-refractivity contribution in [2.75, 3.05) is 6.54 Å². The fourth-order valence-electron chi connectivity index (χ4n) is 2.03. The van der Waals surface area contributed by atoms with Crippen LogP contribution in [-0.2, 0) is 13.6 Å². The monoisotopic (exact) mass is 325 g/mol. The van der Waals surface area contributed by atoms with E-state index in [0.29, 0.717) is 0 Å². The van der Waals surface area contributed by atoms with Gasteiger partial charge in [0.15, 0.2) is 0 Å². The molecule has 0 aromatic carbocycles. The molecular formula is C11H15BrF3N3. The highest BCUT2D eigenvalue weighted by Crippen LogP contribution is 2.33. The molecule has 0 saturated heterocycles. The van der Waals surface area contributed by atoms with Gasteiger partial charge in [0.25, 0.3) is 0 Å². The zero-order valence-electron chi connectivity index (χ0n) is 10.3. The molecule has 0 aliphatic heterocycles. The molecule has 1 saturated carbocycles. The van der Waals surface area contributed by atoms with Gasteiger partial charge in [-0.2, -0.15) is 18.3 Å². The number of aromatic nitrogens is 2. The first-order chi connectivity index (χ1) is 8.28. The number of hydrogen-bond donors (Lipinski definition) is 0. The topological polar surface area (TPSA) is 21.1 Å². The third-order valence-electron chi connectivity index (χ3n) is 3.06.